The fourth-order valence-corrected chi connectivity index (χ4v) is 1.47. The average Bonchev–Trinajstić information content (AvgIpc) is 2.35. The SMILES string of the molecule is CCOC(=O)NCCOc1cccc(C(C)C)c1. The molecule has 1 amide bonds. The summed E-state index contributed by atoms with van der Waals surface area (Å²) in [6, 6.07) is 7.99. The molecule has 1 aromatic carbocycles. The minimum atomic E-state index is -0.406. The summed E-state index contributed by atoms with van der Waals surface area (Å²) in [6.07, 6.45) is -0.406. The first-order valence-corrected chi connectivity index (χ1v) is 6.27. The topological polar surface area (TPSA) is 47.6 Å². The van der Waals surface area contributed by atoms with E-state index in [4.69, 9.17) is 9.47 Å². The van der Waals surface area contributed by atoms with Crippen LogP contribution in [0.2, 0.25) is 0 Å². The molecule has 0 bridgehead atoms. The van der Waals surface area contributed by atoms with Crippen LogP contribution in [0.3, 0.4) is 0 Å². The van der Waals surface area contributed by atoms with Gasteiger partial charge in [0.2, 0.25) is 0 Å². The van der Waals surface area contributed by atoms with E-state index in [9.17, 15) is 4.79 Å². The second kappa shape index (κ2) is 7.58. The van der Waals surface area contributed by atoms with Crippen molar-refractivity contribution < 1.29 is 14.3 Å². The number of benzene rings is 1. The summed E-state index contributed by atoms with van der Waals surface area (Å²) in [5.74, 6) is 1.30. The molecule has 18 heavy (non-hydrogen) atoms. The van der Waals surface area contributed by atoms with Crippen molar-refractivity contribution in [1.29, 1.82) is 0 Å². The summed E-state index contributed by atoms with van der Waals surface area (Å²) < 4.78 is 10.3. The third kappa shape index (κ3) is 5.08. The summed E-state index contributed by atoms with van der Waals surface area (Å²) in [5, 5.41) is 2.61. The van der Waals surface area contributed by atoms with E-state index in [-0.39, 0.29) is 0 Å². The van der Waals surface area contributed by atoms with Gasteiger partial charge >= 0.3 is 6.09 Å². The van der Waals surface area contributed by atoms with E-state index in [1.165, 1.54) is 5.56 Å². The van der Waals surface area contributed by atoms with Crippen molar-refractivity contribution in [3.05, 3.63) is 29.8 Å². The number of hydrogen-bond donors (Lipinski definition) is 1. The first-order chi connectivity index (χ1) is 8.63. The zero-order valence-electron chi connectivity index (χ0n) is 11.2. The Hall–Kier alpha value is -1.71. The largest absolute Gasteiger partial charge is 0.492 e. The third-order valence-electron chi connectivity index (χ3n) is 2.44. The summed E-state index contributed by atoms with van der Waals surface area (Å²) in [7, 11) is 0. The first-order valence-electron chi connectivity index (χ1n) is 6.27. The molecule has 0 radical (unpaired) electrons. The molecule has 0 spiro atoms. The van der Waals surface area contributed by atoms with Gasteiger partial charge in [-0.05, 0) is 30.5 Å². The maximum absolute atomic E-state index is 11.0. The van der Waals surface area contributed by atoms with Crippen LogP contribution in [0.15, 0.2) is 24.3 Å². The zero-order chi connectivity index (χ0) is 13.4. The van der Waals surface area contributed by atoms with Crippen LogP contribution in [-0.2, 0) is 4.74 Å². The van der Waals surface area contributed by atoms with Gasteiger partial charge in [0.1, 0.15) is 12.4 Å². The number of hydrogen-bond acceptors (Lipinski definition) is 3. The van der Waals surface area contributed by atoms with Crippen LogP contribution < -0.4 is 10.1 Å². The number of carbonyl (C=O) groups is 1. The number of rotatable bonds is 6. The molecule has 0 atom stereocenters. The summed E-state index contributed by atoms with van der Waals surface area (Å²) in [5.41, 5.74) is 1.24. The second-order valence-corrected chi connectivity index (χ2v) is 4.22. The Morgan fingerprint density at radius 1 is 1.39 bits per heavy atom. The van der Waals surface area contributed by atoms with Crippen LogP contribution in [0.25, 0.3) is 0 Å². The van der Waals surface area contributed by atoms with Crippen molar-refractivity contribution in [2.75, 3.05) is 19.8 Å². The Balaban J connectivity index is 2.31. The van der Waals surface area contributed by atoms with Gasteiger partial charge in [-0.1, -0.05) is 26.0 Å². The number of amides is 1. The minimum absolute atomic E-state index is 0.378. The Morgan fingerprint density at radius 3 is 2.83 bits per heavy atom. The Morgan fingerprint density at radius 2 is 2.17 bits per heavy atom. The van der Waals surface area contributed by atoms with Crippen LogP contribution in [0.5, 0.6) is 5.75 Å². The summed E-state index contributed by atoms with van der Waals surface area (Å²) in [6.45, 7) is 7.30. The third-order valence-corrected chi connectivity index (χ3v) is 2.44. The predicted octanol–water partition coefficient (Wildman–Crippen LogP) is 2.93. The lowest BCUT2D eigenvalue weighted by Crippen LogP contribution is -2.28. The molecule has 1 rings (SSSR count). The quantitative estimate of drug-likeness (QED) is 0.791. The van der Waals surface area contributed by atoms with Crippen LogP contribution in [0, 0.1) is 0 Å². The van der Waals surface area contributed by atoms with E-state index in [1.807, 2.05) is 18.2 Å². The number of nitrogens with one attached hydrogen (secondary N) is 1. The lowest BCUT2D eigenvalue weighted by atomic mass is 10.0. The fourth-order valence-electron chi connectivity index (χ4n) is 1.47. The van der Waals surface area contributed by atoms with Crippen LogP contribution in [-0.4, -0.2) is 25.9 Å². The van der Waals surface area contributed by atoms with E-state index in [0.29, 0.717) is 25.7 Å². The van der Waals surface area contributed by atoms with Gasteiger partial charge in [0.05, 0.1) is 13.2 Å². The molecule has 1 aromatic rings. The fraction of sp³-hybridized carbons (Fsp3) is 0.500. The van der Waals surface area contributed by atoms with Crippen LogP contribution in [0.1, 0.15) is 32.3 Å². The van der Waals surface area contributed by atoms with E-state index in [0.717, 1.165) is 5.75 Å². The smallest absolute Gasteiger partial charge is 0.407 e. The Labute approximate surface area is 108 Å². The number of alkyl carbamates (subject to hydrolysis) is 1. The Bertz CT molecular complexity index is 377. The Kier molecular flexibility index (Phi) is 6.05. The molecule has 1 N–H and O–H groups in total. The highest BCUT2D eigenvalue weighted by Gasteiger charge is 2.02. The molecule has 100 valence electrons. The van der Waals surface area contributed by atoms with Gasteiger partial charge in [-0.25, -0.2) is 4.79 Å². The monoisotopic (exact) mass is 251 g/mol. The second-order valence-electron chi connectivity index (χ2n) is 4.22. The molecule has 4 heteroatoms. The van der Waals surface area contributed by atoms with E-state index in [2.05, 4.69) is 25.2 Å². The van der Waals surface area contributed by atoms with Crippen molar-refractivity contribution in [2.24, 2.45) is 0 Å². The van der Waals surface area contributed by atoms with Gasteiger partial charge in [-0.15, -0.1) is 0 Å². The minimum Gasteiger partial charge on any atom is -0.492 e. The standard InChI is InChI=1S/C14H21NO3/c1-4-17-14(16)15-8-9-18-13-7-5-6-12(10-13)11(2)3/h5-7,10-11H,4,8-9H2,1-3H3,(H,15,16). The van der Waals surface area contributed by atoms with Crippen molar-refractivity contribution in [1.82, 2.24) is 5.32 Å². The lowest BCUT2D eigenvalue weighted by Gasteiger charge is -2.10. The van der Waals surface area contributed by atoms with Crippen molar-refractivity contribution in [3.8, 4) is 5.75 Å². The maximum Gasteiger partial charge on any atom is 0.407 e. The van der Waals surface area contributed by atoms with E-state index < -0.39 is 6.09 Å². The molecule has 0 aliphatic heterocycles. The first kappa shape index (κ1) is 14.4. The van der Waals surface area contributed by atoms with Crippen molar-refractivity contribution >= 4 is 6.09 Å². The zero-order valence-corrected chi connectivity index (χ0v) is 11.2. The maximum atomic E-state index is 11.0. The summed E-state index contributed by atoms with van der Waals surface area (Å²) in [4.78, 5) is 11.0. The molecule has 0 unspecified atom stereocenters. The van der Waals surface area contributed by atoms with Gasteiger partial charge in [-0.3, -0.25) is 0 Å². The molecular weight excluding hydrogens is 230 g/mol. The van der Waals surface area contributed by atoms with Crippen molar-refractivity contribution in [3.63, 3.8) is 0 Å². The highest BCUT2D eigenvalue weighted by Crippen LogP contribution is 2.19. The average molecular weight is 251 g/mol. The van der Waals surface area contributed by atoms with Gasteiger partial charge in [0.15, 0.2) is 0 Å². The molecule has 0 fully saturated rings. The van der Waals surface area contributed by atoms with Crippen LogP contribution >= 0.6 is 0 Å². The highest BCUT2D eigenvalue weighted by atomic mass is 16.5. The number of ether oxygens (including phenoxy) is 2. The number of carbonyl (C=O) groups excluding carboxylic acids is 1. The predicted molar refractivity (Wildman–Crippen MR) is 71.1 cm³/mol. The normalized spacial score (nSPS) is 10.2. The lowest BCUT2D eigenvalue weighted by molar-refractivity contribution is 0.150. The van der Waals surface area contributed by atoms with Gasteiger partial charge in [-0.2, -0.15) is 0 Å². The van der Waals surface area contributed by atoms with E-state index >= 15 is 0 Å². The molecule has 0 heterocycles. The summed E-state index contributed by atoms with van der Waals surface area (Å²) >= 11 is 0. The van der Waals surface area contributed by atoms with Gasteiger partial charge in [0.25, 0.3) is 0 Å². The molecule has 0 aromatic heterocycles. The van der Waals surface area contributed by atoms with Gasteiger partial charge < -0.3 is 14.8 Å². The molecule has 0 saturated carbocycles. The molecule has 4 nitrogen and oxygen atoms in total. The molecule has 0 aliphatic rings. The van der Waals surface area contributed by atoms with Crippen molar-refractivity contribution in [2.45, 2.75) is 26.7 Å². The molecule has 0 saturated heterocycles. The highest BCUT2D eigenvalue weighted by molar-refractivity contribution is 5.66. The van der Waals surface area contributed by atoms with Gasteiger partial charge in [0, 0.05) is 0 Å². The molecule has 0 aliphatic carbocycles. The van der Waals surface area contributed by atoms with E-state index in [1.54, 1.807) is 6.92 Å². The van der Waals surface area contributed by atoms with Crippen LogP contribution in [0.4, 0.5) is 4.79 Å². The molecular formula is C14H21NO3.